The minimum absolute atomic E-state index is 0.543. The number of nitrogens with zero attached hydrogens (tertiary/aromatic N) is 1. The SMILES string of the molecule is CC(c1cncc(Br)c1)C(C)(F)F. The Morgan fingerprint density at radius 1 is 1.46 bits per heavy atom. The molecule has 0 amide bonds. The highest BCUT2D eigenvalue weighted by molar-refractivity contribution is 9.10. The molecular weight excluding hydrogens is 240 g/mol. The molecule has 1 heterocycles. The summed E-state index contributed by atoms with van der Waals surface area (Å²) < 4.78 is 26.5. The molecule has 1 aromatic heterocycles. The molecule has 0 spiro atoms. The first kappa shape index (κ1) is 10.6. The quantitative estimate of drug-likeness (QED) is 0.781. The van der Waals surface area contributed by atoms with Crippen molar-refractivity contribution < 1.29 is 8.78 Å². The number of pyridine rings is 1. The molecular formula is C9H10BrF2N. The van der Waals surface area contributed by atoms with Gasteiger partial charge in [0.05, 0.1) is 0 Å². The average molecular weight is 250 g/mol. The normalized spacial score (nSPS) is 14.2. The van der Waals surface area contributed by atoms with Crippen LogP contribution in [0.2, 0.25) is 0 Å². The van der Waals surface area contributed by atoms with E-state index in [1.54, 1.807) is 12.3 Å². The molecule has 1 unspecified atom stereocenters. The summed E-state index contributed by atoms with van der Waals surface area (Å²) in [6, 6.07) is 1.66. The molecule has 0 N–H and O–H groups in total. The Hall–Kier alpha value is -0.510. The fraction of sp³-hybridized carbons (Fsp3) is 0.444. The van der Waals surface area contributed by atoms with Crippen LogP contribution in [0.4, 0.5) is 8.78 Å². The van der Waals surface area contributed by atoms with Crippen molar-refractivity contribution >= 4 is 15.9 Å². The Morgan fingerprint density at radius 3 is 2.54 bits per heavy atom. The Bertz CT molecular complexity index is 296. The third kappa shape index (κ3) is 2.72. The van der Waals surface area contributed by atoms with Crippen molar-refractivity contribution in [2.24, 2.45) is 0 Å². The first-order chi connectivity index (χ1) is 5.91. The Morgan fingerprint density at radius 2 is 2.08 bits per heavy atom. The van der Waals surface area contributed by atoms with Gasteiger partial charge in [0.1, 0.15) is 0 Å². The third-order valence-corrected chi connectivity index (χ3v) is 2.42. The van der Waals surface area contributed by atoms with E-state index < -0.39 is 11.8 Å². The Kier molecular flexibility index (Phi) is 3.01. The van der Waals surface area contributed by atoms with Crippen molar-refractivity contribution in [3.63, 3.8) is 0 Å². The summed E-state index contributed by atoms with van der Waals surface area (Å²) in [5, 5.41) is 0. The van der Waals surface area contributed by atoms with Crippen LogP contribution < -0.4 is 0 Å². The molecule has 0 aromatic carbocycles. The van der Waals surface area contributed by atoms with Crippen molar-refractivity contribution in [3.05, 3.63) is 28.5 Å². The molecule has 0 aliphatic heterocycles. The first-order valence-electron chi connectivity index (χ1n) is 3.89. The highest BCUT2D eigenvalue weighted by atomic mass is 79.9. The van der Waals surface area contributed by atoms with E-state index in [9.17, 15) is 8.78 Å². The Balaban J connectivity index is 2.96. The average Bonchev–Trinajstić information content (AvgIpc) is 2.01. The van der Waals surface area contributed by atoms with Gasteiger partial charge in [0, 0.05) is 22.8 Å². The first-order valence-corrected chi connectivity index (χ1v) is 4.69. The van der Waals surface area contributed by atoms with Crippen LogP contribution >= 0.6 is 15.9 Å². The van der Waals surface area contributed by atoms with Gasteiger partial charge in [-0.1, -0.05) is 6.92 Å². The molecule has 0 aliphatic carbocycles. The smallest absolute Gasteiger partial charge is 0.251 e. The van der Waals surface area contributed by atoms with Gasteiger partial charge in [0.15, 0.2) is 0 Å². The predicted molar refractivity (Wildman–Crippen MR) is 51.0 cm³/mol. The van der Waals surface area contributed by atoms with Crippen molar-refractivity contribution in [2.45, 2.75) is 25.7 Å². The predicted octanol–water partition coefficient (Wildman–Crippen LogP) is 3.60. The van der Waals surface area contributed by atoms with Gasteiger partial charge in [-0.3, -0.25) is 4.98 Å². The van der Waals surface area contributed by atoms with Gasteiger partial charge in [-0.15, -0.1) is 0 Å². The second-order valence-corrected chi connectivity index (χ2v) is 4.03. The standard InChI is InChI=1S/C9H10BrF2N/c1-6(9(2,11)12)7-3-8(10)5-13-4-7/h3-6H,1-2H3. The molecule has 0 radical (unpaired) electrons. The lowest BCUT2D eigenvalue weighted by Crippen LogP contribution is -2.19. The van der Waals surface area contributed by atoms with E-state index in [2.05, 4.69) is 20.9 Å². The molecule has 13 heavy (non-hydrogen) atoms. The second kappa shape index (κ2) is 3.70. The number of halogens is 3. The highest BCUT2D eigenvalue weighted by Crippen LogP contribution is 2.32. The van der Waals surface area contributed by atoms with Gasteiger partial charge in [-0.25, -0.2) is 8.78 Å². The van der Waals surface area contributed by atoms with Gasteiger partial charge in [-0.05, 0) is 34.5 Å². The van der Waals surface area contributed by atoms with Crippen LogP contribution in [0, 0.1) is 0 Å². The fourth-order valence-corrected chi connectivity index (χ4v) is 1.34. The van der Waals surface area contributed by atoms with E-state index in [1.165, 1.54) is 13.1 Å². The summed E-state index contributed by atoms with van der Waals surface area (Å²) >= 11 is 3.19. The molecule has 0 saturated heterocycles. The number of hydrogen-bond donors (Lipinski definition) is 0. The van der Waals surface area contributed by atoms with Crippen LogP contribution in [-0.2, 0) is 0 Å². The minimum atomic E-state index is -2.71. The maximum absolute atomic E-state index is 12.9. The van der Waals surface area contributed by atoms with E-state index in [1.807, 2.05) is 0 Å². The van der Waals surface area contributed by atoms with Crippen LogP contribution in [0.5, 0.6) is 0 Å². The summed E-state index contributed by atoms with van der Waals surface area (Å²) in [6.07, 6.45) is 3.04. The zero-order valence-electron chi connectivity index (χ0n) is 7.39. The molecule has 0 fully saturated rings. The molecule has 0 aliphatic rings. The lowest BCUT2D eigenvalue weighted by atomic mass is 9.97. The van der Waals surface area contributed by atoms with E-state index >= 15 is 0 Å². The van der Waals surface area contributed by atoms with Gasteiger partial charge in [0.25, 0.3) is 5.92 Å². The molecule has 0 bridgehead atoms. The monoisotopic (exact) mass is 249 g/mol. The van der Waals surface area contributed by atoms with Crippen LogP contribution in [0.3, 0.4) is 0 Å². The van der Waals surface area contributed by atoms with Crippen molar-refractivity contribution in [2.75, 3.05) is 0 Å². The van der Waals surface area contributed by atoms with Crippen molar-refractivity contribution in [1.29, 1.82) is 0 Å². The highest BCUT2D eigenvalue weighted by Gasteiger charge is 2.31. The summed E-state index contributed by atoms with van der Waals surface area (Å²) in [7, 11) is 0. The molecule has 1 aromatic rings. The van der Waals surface area contributed by atoms with Gasteiger partial charge < -0.3 is 0 Å². The van der Waals surface area contributed by atoms with Crippen LogP contribution in [-0.4, -0.2) is 10.9 Å². The van der Waals surface area contributed by atoms with Gasteiger partial charge in [-0.2, -0.15) is 0 Å². The Labute approximate surface area is 84.3 Å². The third-order valence-electron chi connectivity index (χ3n) is 1.99. The van der Waals surface area contributed by atoms with Crippen molar-refractivity contribution in [3.8, 4) is 0 Å². The molecule has 1 rings (SSSR count). The van der Waals surface area contributed by atoms with E-state index in [0.717, 1.165) is 11.4 Å². The minimum Gasteiger partial charge on any atom is -0.263 e. The lowest BCUT2D eigenvalue weighted by molar-refractivity contribution is -0.00233. The van der Waals surface area contributed by atoms with Crippen LogP contribution in [0.1, 0.15) is 25.3 Å². The van der Waals surface area contributed by atoms with Gasteiger partial charge in [0.2, 0.25) is 0 Å². The summed E-state index contributed by atoms with van der Waals surface area (Å²) in [6.45, 7) is 2.40. The van der Waals surface area contributed by atoms with Gasteiger partial charge >= 0.3 is 0 Å². The molecule has 4 heteroatoms. The van der Waals surface area contributed by atoms with Crippen molar-refractivity contribution in [1.82, 2.24) is 4.98 Å². The zero-order chi connectivity index (χ0) is 10.1. The number of alkyl halides is 2. The lowest BCUT2D eigenvalue weighted by Gasteiger charge is -2.19. The second-order valence-electron chi connectivity index (χ2n) is 3.11. The maximum Gasteiger partial charge on any atom is 0.251 e. The maximum atomic E-state index is 12.9. The van der Waals surface area contributed by atoms with Crippen LogP contribution in [0.25, 0.3) is 0 Å². The number of hydrogen-bond acceptors (Lipinski definition) is 1. The van der Waals surface area contributed by atoms with E-state index in [-0.39, 0.29) is 0 Å². The van der Waals surface area contributed by atoms with Crippen LogP contribution in [0.15, 0.2) is 22.9 Å². The molecule has 1 atom stereocenters. The summed E-state index contributed by atoms with van der Waals surface area (Å²) in [4.78, 5) is 3.84. The largest absolute Gasteiger partial charge is 0.263 e. The molecule has 72 valence electrons. The van der Waals surface area contributed by atoms with E-state index in [4.69, 9.17) is 0 Å². The number of rotatable bonds is 2. The van der Waals surface area contributed by atoms with E-state index in [0.29, 0.717) is 5.56 Å². The number of aromatic nitrogens is 1. The zero-order valence-corrected chi connectivity index (χ0v) is 8.98. The topological polar surface area (TPSA) is 12.9 Å². The summed E-state index contributed by atoms with van der Waals surface area (Å²) in [5.41, 5.74) is 0.543. The molecule has 0 saturated carbocycles. The fourth-order valence-electron chi connectivity index (χ4n) is 0.958. The summed E-state index contributed by atoms with van der Waals surface area (Å²) in [5.74, 6) is -3.51. The molecule has 1 nitrogen and oxygen atoms in total.